The summed E-state index contributed by atoms with van der Waals surface area (Å²) in [5, 5.41) is 7.09. The molecule has 0 saturated carbocycles. The topological polar surface area (TPSA) is 50.2 Å². The summed E-state index contributed by atoms with van der Waals surface area (Å²) < 4.78 is 27.9. The fourth-order valence-corrected chi connectivity index (χ4v) is 3.70. The van der Waals surface area contributed by atoms with E-state index in [-0.39, 0.29) is 10.7 Å². The lowest BCUT2D eigenvalue weighted by Gasteiger charge is -2.19. The normalized spacial score (nSPS) is 16.2. The molecule has 1 unspecified atom stereocenters. The fraction of sp³-hybridized carbons (Fsp3) is 0.238. The third-order valence-electron chi connectivity index (χ3n) is 5.05. The zero-order chi connectivity index (χ0) is 20.4. The van der Waals surface area contributed by atoms with Crippen molar-refractivity contribution in [1.82, 2.24) is 9.78 Å². The number of nitrogens with one attached hydrogen (secondary N) is 1. The maximum atomic E-state index is 14.0. The smallest absolute Gasteiger partial charge is 0.292 e. The SMILES string of the molecule is O=c1c(Cl)c(NCC2CCN(c3ccccc3)C2)cnn1-c1ccc(F)cc1F. The first kappa shape index (κ1) is 19.4. The quantitative estimate of drug-likeness (QED) is 0.680. The summed E-state index contributed by atoms with van der Waals surface area (Å²) in [6, 6.07) is 13.1. The fourth-order valence-electron chi connectivity index (χ4n) is 3.51. The molecule has 3 aromatic rings. The van der Waals surface area contributed by atoms with Gasteiger partial charge in [-0.05, 0) is 36.6 Å². The largest absolute Gasteiger partial charge is 0.382 e. The second kappa shape index (κ2) is 8.21. The van der Waals surface area contributed by atoms with Crippen LogP contribution in [0.4, 0.5) is 20.2 Å². The van der Waals surface area contributed by atoms with Crippen LogP contribution in [0.1, 0.15) is 6.42 Å². The Morgan fingerprint density at radius 2 is 1.97 bits per heavy atom. The van der Waals surface area contributed by atoms with E-state index in [0.717, 1.165) is 36.3 Å². The first-order valence-electron chi connectivity index (χ1n) is 9.30. The van der Waals surface area contributed by atoms with Crippen LogP contribution in [0.15, 0.2) is 59.5 Å². The Morgan fingerprint density at radius 1 is 1.17 bits per heavy atom. The van der Waals surface area contributed by atoms with Crippen molar-refractivity contribution in [2.75, 3.05) is 29.9 Å². The number of hydrogen-bond acceptors (Lipinski definition) is 4. The van der Waals surface area contributed by atoms with Crippen LogP contribution in [-0.4, -0.2) is 29.4 Å². The van der Waals surface area contributed by atoms with E-state index in [0.29, 0.717) is 24.2 Å². The molecule has 1 fully saturated rings. The van der Waals surface area contributed by atoms with Gasteiger partial charge >= 0.3 is 0 Å². The van der Waals surface area contributed by atoms with E-state index in [1.807, 2.05) is 18.2 Å². The third kappa shape index (κ3) is 4.10. The summed E-state index contributed by atoms with van der Waals surface area (Å²) in [5.41, 5.74) is 0.769. The second-order valence-electron chi connectivity index (χ2n) is 7.00. The Bertz CT molecular complexity index is 1070. The molecule has 1 saturated heterocycles. The van der Waals surface area contributed by atoms with Gasteiger partial charge in [0, 0.05) is 31.4 Å². The van der Waals surface area contributed by atoms with Gasteiger partial charge in [0.05, 0.1) is 11.9 Å². The van der Waals surface area contributed by atoms with Crippen LogP contribution in [0.3, 0.4) is 0 Å². The summed E-state index contributed by atoms with van der Waals surface area (Å²) in [6.07, 6.45) is 2.40. The molecule has 0 radical (unpaired) electrons. The van der Waals surface area contributed by atoms with E-state index in [9.17, 15) is 13.6 Å². The molecule has 1 aliphatic rings. The van der Waals surface area contributed by atoms with Crippen molar-refractivity contribution in [2.24, 2.45) is 5.92 Å². The van der Waals surface area contributed by atoms with Crippen molar-refractivity contribution in [3.8, 4) is 5.69 Å². The number of halogens is 3. The molecule has 5 nitrogen and oxygen atoms in total. The number of rotatable bonds is 5. The van der Waals surface area contributed by atoms with Gasteiger partial charge in [0.2, 0.25) is 0 Å². The van der Waals surface area contributed by atoms with Gasteiger partial charge in [-0.3, -0.25) is 4.79 Å². The van der Waals surface area contributed by atoms with Crippen molar-refractivity contribution in [3.63, 3.8) is 0 Å². The summed E-state index contributed by atoms with van der Waals surface area (Å²) in [6.45, 7) is 2.51. The van der Waals surface area contributed by atoms with Gasteiger partial charge in [0.25, 0.3) is 5.56 Å². The highest BCUT2D eigenvalue weighted by Gasteiger charge is 2.23. The van der Waals surface area contributed by atoms with Crippen molar-refractivity contribution in [1.29, 1.82) is 0 Å². The molecule has 0 bridgehead atoms. The molecule has 2 aromatic carbocycles. The van der Waals surface area contributed by atoms with E-state index < -0.39 is 17.2 Å². The highest BCUT2D eigenvalue weighted by atomic mass is 35.5. The van der Waals surface area contributed by atoms with E-state index in [4.69, 9.17) is 11.6 Å². The Balaban J connectivity index is 1.45. The molecule has 1 N–H and O–H groups in total. The second-order valence-corrected chi connectivity index (χ2v) is 7.38. The standard InChI is InChI=1S/C21H19ClF2N4O/c22-20-18(12-26-28(21(20)29)19-7-6-15(23)10-17(19)24)25-11-14-8-9-27(13-14)16-4-2-1-3-5-16/h1-7,10,12,14,25H,8-9,11,13H2. The minimum Gasteiger partial charge on any atom is -0.382 e. The van der Waals surface area contributed by atoms with Crippen LogP contribution in [0.25, 0.3) is 5.69 Å². The Morgan fingerprint density at radius 3 is 2.72 bits per heavy atom. The Hall–Kier alpha value is -2.93. The van der Waals surface area contributed by atoms with Gasteiger partial charge in [-0.2, -0.15) is 9.78 Å². The molecule has 1 aliphatic heterocycles. The van der Waals surface area contributed by atoms with Crippen molar-refractivity contribution < 1.29 is 8.78 Å². The minimum absolute atomic E-state index is 0.0818. The van der Waals surface area contributed by atoms with Gasteiger partial charge in [-0.15, -0.1) is 0 Å². The zero-order valence-electron chi connectivity index (χ0n) is 15.5. The van der Waals surface area contributed by atoms with Crippen LogP contribution < -0.4 is 15.8 Å². The van der Waals surface area contributed by atoms with Crippen LogP contribution >= 0.6 is 11.6 Å². The Labute approximate surface area is 171 Å². The number of hydrogen-bond donors (Lipinski definition) is 1. The number of aromatic nitrogens is 2. The molecule has 4 rings (SSSR count). The van der Waals surface area contributed by atoms with Crippen LogP contribution in [0.2, 0.25) is 5.02 Å². The maximum absolute atomic E-state index is 14.0. The lowest BCUT2D eigenvalue weighted by atomic mass is 10.1. The lowest BCUT2D eigenvalue weighted by molar-refractivity contribution is 0.570. The van der Waals surface area contributed by atoms with Crippen molar-refractivity contribution >= 4 is 23.0 Å². The molecule has 0 spiro atoms. The predicted octanol–water partition coefficient (Wildman–Crippen LogP) is 4.10. The van der Waals surface area contributed by atoms with Crippen LogP contribution in [0, 0.1) is 17.6 Å². The van der Waals surface area contributed by atoms with Gasteiger partial charge in [0.15, 0.2) is 5.82 Å². The van der Waals surface area contributed by atoms with Gasteiger partial charge in [-0.25, -0.2) is 8.78 Å². The molecule has 0 amide bonds. The summed E-state index contributed by atoms with van der Waals surface area (Å²) in [7, 11) is 0. The van der Waals surface area contributed by atoms with E-state index in [2.05, 4.69) is 27.4 Å². The Kier molecular flexibility index (Phi) is 5.49. The highest BCUT2D eigenvalue weighted by molar-refractivity contribution is 6.32. The average Bonchev–Trinajstić information content (AvgIpc) is 3.20. The number of anilines is 2. The molecular weight excluding hydrogens is 398 g/mol. The molecule has 1 aromatic heterocycles. The monoisotopic (exact) mass is 416 g/mol. The first-order valence-corrected chi connectivity index (χ1v) is 9.68. The summed E-state index contributed by atoms with van der Waals surface area (Å²) in [5.74, 6) is -1.23. The number of nitrogens with zero attached hydrogens (tertiary/aromatic N) is 3. The van der Waals surface area contributed by atoms with Gasteiger partial charge in [-0.1, -0.05) is 29.8 Å². The van der Waals surface area contributed by atoms with E-state index in [1.54, 1.807) is 0 Å². The first-order chi connectivity index (χ1) is 14.0. The molecule has 8 heteroatoms. The third-order valence-corrected chi connectivity index (χ3v) is 5.41. The number of benzene rings is 2. The lowest BCUT2D eigenvalue weighted by Crippen LogP contribution is -2.25. The zero-order valence-corrected chi connectivity index (χ0v) is 16.2. The maximum Gasteiger partial charge on any atom is 0.292 e. The molecule has 0 aliphatic carbocycles. The van der Waals surface area contributed by atoms with Crippen LogP contribution in [-0.2, 0) is 0 Å². The highest BCUT2D eigenvalue weighted by Crippen LogP contribution is 2.25. The van der Waals surface area contributed by atoms with Crippen molar-refractivity contribution in [2.45, 2.75) is 6.42 Å². The van der Waals surface area contributed by atoms with E-state index in [1.165, 1.54) is 11.9 Å². The van der Waals surface area contributed by atoms with E-state index >= 15 is 0 Å². The predicted molar refractivity (Wildman–Crippen MR) is 110 cm³/mol. The molecular formula is C21H19ClF2N4O. The summed E-state index contributed by atoms with van der Waals surface area (Å²) >= 11 is 6.20. The number of para-hydroxylation sites is 1. The van der Waals surface area contributed by atoms with Crippen molar-refractivity contribution in [3.05, 3.63) is 81.7 Å². The van der Waals surface area contributed by atoms with Gasteiger partial charge < -0.3 is 10.2 Å². The molecule has 150 valence electrons. The molecule has 2 heterocycles. The average molecular weight is 417 g/mol. The van der Waals surface area contributed by atoms with Gasteiger partial charge in [0.1, 0.15) is 16.5 Å². The summed E-state index contributed by atoms with van der Waals surface area (Å²) in [4.78, 5) is 14.8. The van der Waals surface area contributed by atoms with Crippen LogP contribution in [0.5, 0.6) is 0 Å². The molecule has 29 heavy (non-hydrogen) atoms. The molecule has 1 atom stereocenters. The minimum atomic E-state index is -0.886.